The third-order valence-electron chi connectivity index (χ3n) is 4.59. The number of rotatable bonds is 4. The van der Waals surface area contributed by atoms with Crippen LogP contribution in [0, 0.1) is 6.92 Å². The van der Waals surface area contributed by atoms with Crippen molar-refractivity contribution in [1.82, 2.24) is 15.0 Å². The molecule has 0 radical (unpaired) electrons. The zero-order valence-corrected chi connectivity index (χ0v) is 15.1. The molecule has 0 fully saturated rings. The van der Waals surface area contributed by atoms with Crippen LogP contribution < -0.4 is 5.73 Å². The van der Waals surface area contributed by atoms with Gasteiger partial charge in [0.05, 0.1) is 17.1 Å². The van der Waals surface area contributed by atoms with Crippen molar-refractivity contribution >= 4 is 0 Å². The fraction of sp³-hybridized carbons (Fsp3) is 0.0870. The predicted octanol–water partition coefficient (Wildman–Crippen LogP) is 4.64. The molecule has 0 atom stereocenters. The summed E-state index contributed by atoms with van der Waals surface area (Å²) in [5, 5.41) is 0. The topological polar surface area (TPSA) is 64.7 Å². The molecule has 0 unspecified atom stereocenters. The van der Waals surface area contributed by atoms with E-state index in [4.69, 9.17) is 10.7 Å². The largest absolute Gasteiger partial charge is 0.326 e. The van der Waals surface area contributed by atoms with Crippen molar-refractivity contribution < 1.29 is 0 Å². The number of nitrogens with zero attached hydrogens (tertiary/aromatic N) is 3. The summed E-state index contributed by atoms with van der Waals surface area (Å²) < 4.78 is 0. The fourth-order valence-corrected chi connectivity index (χ4v) is 3.26. The molecule has 0 aliphatic heterocycles. The number of hydrogen-bond donors (Lipinski definition) is 1. The first kappa shape index (κ1) is 17.1. The summed E-state index contributed by atoms with van der Waals surface area (Å²) in [6, 6.07) is 20.3. The van der Waals surface area contributed by atoms with Gasteiger partial charge in [0.1, 0.15) is 0 Å². The van der Waals surface area contributed by atoms with Crippen LogP contribution in [0.4, 0.5) is 0 Å². The zero-order chi connectivity index (χ0) is 18.6. The van der Waals surface area contributed by atoms with E-state index in [9.17, 15) is 0 Å². The van der Waals surface area contributed by atoms with Gasteiger partial charge in [-0.25, -0.2) is 0 Å². The van der Waals surface area contributed by atoms with E-state index < -0.39 is 0 Å². The molecule has 2 N–H and O–H groups in total. The summed E-state index contributed by atoms with van der Waals surface area (Å²) >= 11 is 0. The van der Waals surface area contributed by atoms with Gasteiger partial charge in [-0.05, 0) is 53.9 Å². The Hall–Kier alpha value is -3.37. The van der Waals surface area contributed by atoms with Crippen molar-refractivity contribution in [1.29, 1.82) is 0 Å². The molecule has 0 bridgehead atoms. The van der Waals surface area contributed by atoms with Gasteiger partial charge < -0.3 is 5.73 Å². The van der Waals surface area contributed by atoms with Crippen LogP contribution in [0.5, 0.6) is 0 Å². The van der Waals surface area contributed by atoms with E-state index >= 15 is 0 Å². The van der Waals surface area contributed by atoms with E-state index in [-0.39, 0.29) is 0 Å². The highest BCUT2D eigenvalue weighted by atomic mass is 14.8. The summed E-state index contributed by atoms with van der Waals surface area (Å²) in [5.41, 5.74) is 13.7. The standard InChI is InChI=1S/C23H20N4/c1-16-9-12-27-23(21(16)18-6-3-2-4-7-18)19-8-5-11-26-22(19)20-14-17(15-24)10-13-25-20/h2-14H,15,24H2,1H3. The van der Waals surface area contributed by atoms with Gasteiger partial charge in [-0.1, -0.05) is 30.3 Å². The van der Waals surface area contributed by atoms with Crippen LogP contribution in [0.2, 0.25) is 0 Å². The summed E-state index contributed by atoms with van der Waals surface area (Å²) in [5.74, 6) is 0. The molecule has 0 spiro atoms. The van der Waals surface area contributed by atoms with Crippen molar-refractivity contribution in [3.63, 3.8) is 0 Å². The van der Waals surface area contributed by atoms with Crippen molar-refractivity contribution in [2.45, 2.75) is 13.5 Å². The Bertz CT molecular complexity index is 1070. The minimum absolute atomic E-state index is 0.468. The van der Waals surface area contributed by atoms with Gasteiger partial charge in [0.25, 0.3) is 0 Å². The van der Waals surface area contributed by atoms with Crippen LogP contribution in [0.25, 0.3) is 33.8 Å². The van der Waals surface area contributed by atoms with Gasteiger partial charge >= 0.3 is 0 Å². The summed E-state index contributed by atoms with van der Waals surface area (Å²) in [7, 11) is 0. The molecule has 1 aromatic carbocycles. The van der Waals surface area contributed by atoms with Crippen molar-refractivity contribution in [2.24, 2.45) is 5.73 Å². The van der Waals surface area contributed by atoms with Gasteiger partial charge in [0, 0.05) is 36.3 Å². The van der Waals surface area contributed by atoms with E-state index in [2.05, 4.69) is 29.0 Å². The molecule has 3 heterocycles. The first-order valence-electron chi connectivity index (χ1n) is 8.89. The highest BCUT2D eigenvalue weighted by Crippen LogP contribution is 2.36. The molecule has 0 saturated heterocycles. The molecular formula is C23H20N4. The van der Waals surface area contributed by atoms with Crippen molar-refractivity contribution in [2.75, 3.05) is 0 Å². The van der Waals surface area contributed by atoms with Crippen LogP contribution in [-0.2, 0) is 6.54 Å². The minimum Gasteiger partial charge on any atom is -0.326 e. The number of benzene rings is 1. The van der Waals surface area contributed by atoms with E-state index in [0.29, 0.717) is 6.54 Å². The third kappa shape index (κ3) is 3.35. The molecule has 4 nitrogen and oxygen atoms in total. The minimum atomic E-state index is 0.468. The summed E-state index contributed by atoms with van der Waals surface area (Å²) in [4.78, 5) is 13.9. The summed E-state index contributed by atoms with van der Waals surface area (Å²) in [6.07, 6.45) is 5.41. The Balaban J connectivity index is 1.95. The Kier molecular flexibility index (Phi) is 4.73. The molecule has 0 amide bonds. The van der Waals surface area contributed by atoms with Gasteiger partial charge in [-0.2, -0.15) is 0 Å². The average Bonchev–Trinajstić information content (AvgIpc) is 2.74. The SMILES string of the molecule is Cc1ccnc(-c2cccnc2-c2cc(CN)ccn2)c1-c1ccccc1. The number of aryl methyl sites for hydroxylation is 1. The highest BCUT2D eigenvalue weighted by Gasteiger charge is 2.17. The number of nitrogens with two attached hydrogens (primary N) is 1. The number of pyridine rings is 3. The molecule has 3 aromatic heterocycles. The molecule has 4 rings (SSSR count). The lowest BCUT2D eigenvalue weighted by Crippen LogP contribution is -2.00. The van der Waals surface area contributed by atoms with Crippen molar-refractivity contribution in [3.05, 3.63) is 90.4 Å². The van der Waals surface area contributed by atoms with E-state index in [1.807, 2.05) is 54.7 Å². The molecule has 4 aromatic rings. The maximum atomic E-state index is 5.81. The van der Waals surface area contributed by atoms with Gasteiger partial charge in [-0.15, -0.1) is 0 Å². The molecule has 27 heavy (non-hydrogen) atoms. The van der Waals surface area contributed by atoms with E-state index in [1.165, 1.54) is 5.56 Å². The molecular weight excluding hydrogens is 332 g/mol. The molecule has 4 heteroatoms. The molecule has 0 aliphatic carbocycles. The zero-order valence-electron chi connectivity index (χ0n) is 15.1. The normalized spacial score (nSPS) is 10.7. The van der Waals surface area contributed by atoms with Crippen LogP contribution in [-0.4, -0.2) is 15.0 Å². The lowest BCUT2D eigenvalue weighted by Gasteiger charge is -2.15. The molecule has 0 saturated carbocycles. The average molecular weight is 352 g/mol. The van der Waals surface area contributed by atoms with Crippen LogP contribution in [0.1, 0.15) is 11.1 Å². The molecule has 132 valence electrons. The second-order valence-electron chi connectivity index (χ2n) is 6.37. The predicted molar refractivity (Wildman–Crippen MR) is 109 cm³/mol. The second-order valence-corrected chi connectivity index (χ2v) is 6.37. The second kappa shape index (κ2) is 7.48. The Morgan fingerprint density at radius 1 is 0.778 bits per heavy atom. The van der Waals surface area contributed by atoms with Gasteiger partial charge in [0.15, 0.2) is 0 Å². The number of aromatic nitrogens is 3. The maximum absolute atomic E-state index is 5.81. The Morgan fingerprint density at radius 2 is 1.56 bits per heavy atom. The lowest BCUT2D eigenvalue weighted by atomic mass is 9.94. The first-order chi connectivity index (χ1) is 13.3. The first-order valence-corrected chi connectivity index (χ1v) is 8.89. The number of hydrogen-bond acceptors (Lipinski definition) is 4. The Labute approximate surface area is 158 Å². The lowest BCUT2D eigenvalue weighted by molar-refractivity contribution is 1.06. The van der Waals surface area contributed by atoms with Crippen molar-refractivity contribution in [3.8, 4) is 33.8 Å². The van der Waals surface area contributed by atoms with Crippen LogP contribution in [0.3, 0.4) is 0 Å². The van der Waals surface area contributed by atoms with E-state index in [0.717, 1.165) is 39.3 Å². The monoisotopic (exact) mass is 352 g/mol. The highest BCUT2D eigenvalue weighted by molar-refractivity contribution is 5.88. The Morgan fingerprint density at radius 3 is 2.37 bits per heavy atom. The van der Waals surface area contributed by atoms with Gasteiger partial charge in [-0.3, -0.25) is 15.0 Å². The third-order valence-corrected chi connectivity index (χ3v) is 4.59. The maximum Gasteiger partial charge on any atom is 0.0980 e. The fourth-order valence-electron chi connectivity index (χ4n) is 3.26. The quantitative estimate of drug-likeness (QED) is 0.581. The van der Waals surface area contributed by atoms with E-state index in [1.54, 1.807) is 12.4 Å². The van der Waals surface area contributed by atoms with Crippen LogP contribution >= 0.6 is 0 Å². The van der Waals surface area contributed by atoms with Crippen LogP contribution in [0.15, 0.2) is 79.3 Å². The summed E-state index contributed by atoms with van der Waals surface area (Å²) in [6.45, 7) is 2.58. The molecule has 0 aliphatic rings. The van der Waals surface area contributed by atoms with Gasteiger partial charge in [0.2, 0.25) is 0 Å². The smallest absolute Gasteiger partial charge is 0.0980 e.